The molecule has 0 amide bonds. The van der Waals surface area contributed by atoms with Crippen LogP contribution in [-0.2, 0) is 6.54 Å². The number of nitro groups is 1. The standard InChI is InChI=1S/C18H22ClN3O5/c1-3-4-5-8-27-12-6-7-21(16(23)9-12)11-13-14(19)10-15(20)18(26-2)17(13)22(24)25/h6-7,9-10H,3-5,8,11,20H2,1-2H3. The molecule has 0 aliphatic carbocycles. The number of nitrogens with zero attached hydrogens (tertiary/aromatic N) is 2. The average molecular weight is 396 g/mol. The first-order valence-corrected chi connectivity index (χ1v) is 8.89. The highest BCUT2D eigenvalue weighted by atomic mass is 35.5. The number of ether oxygens (including phenoxy) is 2. The van der Waals surface area contributed by atoms with Gasteiger partial charge in [0.25, 0.3) is 5.56 Å². The maximum absolute atomic E-state index is 12.4. The number of nitro benzene ring substituents is 1. The second kappa shape index (κ2) is 9.27. The molecule has 0 saturated carbocycles. The number of hydrogen-bond donors (Lipinski definition) is 1. The van der Waals surface area contributed by atoms with Crippen molar-refractivity contribution >= 4 is 23.0 Å². The van der Waals surface area contributed by atoms with E-state index in [1.54, 1.807) is 6.07 Å². The molecule has 8 nitrogen and oxygen atoms in total. The summed E-state index contributed by atoms with van der Waals surface area (Å²) < 4.78 is 11.9. The van der Waals surface area contributed by atoms with Crippen molar-refractivity contribution in [2.75, 3.05) is 19.5 Å². The molecule has 146 valence electrons. The number of anilines is 1. The van der Waals surface area contributed by atoms with Crippen LogP contribution in [0.15, 0.2) is 29.2 Å². The van der Waals surface area contributed by atoms with Gasteiger partial charge < -0.3 is 19.8 Å². The quantitative estimate of drug-likeness (QED) is 0.300. The molecule has 0 bridgehead atoms. The molecule has 0 aliphatic heterocycles. The number of nitrogen functional groups attached to an aromatic ring is 1. The monoisotopic (exact) mass is 395 g/mol. The molecule has 0 radical (unpaired) electrons. The van der Waals surface area contributed by atoms with Crippen LogP contribution in [0.4, 0.5) is 11.4 Å². The zero-order valence-electron chi connectivity index (χ0n) is 15.2. The molecular weight excluding hydrogens is 374 g/mol. The highest BCUT2D eigenvalue weighted by Gasteiger charge is 2.27. The first-order chi connectivity index (χ1) is 12.9. The van der Waals surface area contributed by atoms with Gasteiger partial charge in [-0.15, -0.1) is 0 Å². The summed E-state index contributed by atoms with van der Waals surface area (Å²) in [6, 6.07) is 4.36. The Bertz CT molecular complexity index is 882. The molecule has 0 atom stereocenters. The number of nitrogens with two attached hydrogens (primary N) is 1. The topological polar surface area (TPSA) is 110 Å². The number of methoxy groups -OCH3 is 1. The average Bonchev–Trinajstić information content (AvgIpc) is 2.62. The van der Waals surface area contributed by atoms with Crippen molar-refractivity contribution in [2.45, 2.75) is 32.7 Å². The van der Waals surface area contributed by atoms with Gasteiger partial charge in [-0.2, -0.15) is 0 Å². The van der Waals surface area contributed by atoms with E-state index in [9.17, 15) is 14.9 Å². The van der Waals surface area contributed by atoms with Crippen molar-refractivity contribution in [3.05, 3.63) is 55.5 Å². The van der Waals surface area contributed by atoms with Gasteiger partial charge in [0.1, 0.15) is 5.75 Å². The molecule has 0 unspecified atom stereocenters. The van der Waals surface area contributed by atoms with E-state index in [-0.39, 0.29) is 39.8 Å². The van der Waals surface area contributed by atoms with E-state index in [0.29, 0.717) is 12.4 Å². The number of aromatic nitrogens is 1. The van der Waals surface area contributed by atoms with E-state index < -0.39 is 4.92 Å². The zero-order valence-corrected chi connectivity index (χ0v) is 16.0. The fourth-order valence-corrected chi connectivity index (χ4v) is 2.92. The van der Waals surface area contributed by atoms with Crippen molar-refractivity contribution in [3.8, 4) is 11.5 Å². The summed E-state index contributed by atoms with van der Waals surface area (Å²) >= 11 is 6.16. The Labute approximate surface area is 161 Å². The summed E-state index contributed by atoms with van der Waals surface area (Å²) in [7, 11) is 1.28. The normalized spacial score (nSPS) is 10.6. The maximum atomic E-state index is 12.4. The van der Waals surface area contributed by atoms with Gasteiger partial charge >= 0.3 is 5.69 Å². The van der Waals surface area contributed by atoms with Gasteiger partial charge in [-0.25, -0.2) is 0 Å². The molecular formula is C18H22ClN3O5. The van der Waals surface area contributed by atoms with E-state index in [2.05, 4.69) is 6.92 Å². The van der Waals surface area contributed by atoms with Gasteiger partial charge in [0, 0.05) is 12.3 Å². The van der Waals surface area contributed by atoms with Gasteiger partial charge in [0.05, 0.1) is 41.5 Å². The van der Waals surface area contributed by atoms with E-state index in [0.717, 1.165) is 19.3 Å². The predicted molar refractivity (Wildman–Crippen MR) is 104 cm³/mol. The van der Waals surface area contributed by atoms with E-state index >= 15 is 0 Å². The fourth-order valence-electron chi connectivity index (χ4n) is 2.66. The number of rotatable bonds is 9. The lowest BCUT2D eigenvalue weighted by Gasteiger charge is -2.13. The summed E-state index contributed by atoms with van der Waals surface area (Å²) in [4.78, 5) is 23.3. The third-order valence-corrected chi connectivity index (χ3v) is 4.37. The highest BCUT2D eigenvalue weighted by molar-refractivity contribution is 6.32. The number of unbranched alkanes of at least 4 members (excludes halogenated alkanes) is 2. The van der Waals surface area contributed by atoms with Crippen molar-refractivity contribution in [3.63, 3.8) is 0 Å². The summed E-state index contributed by atoms with van der Waals surface area (Å²) in [5.41, 5.74) is 5.24. The van der Waals surface area contributed by atoms with Crippen LogP contribution in [0.2, 0.25) is 5.02 Å². The lowest BCUT2D eigenvalue weighted by atomic mass is 10.1. The number of benzene rings is 1. The molecule has 0 aliphatic rings. The summed E-state index contributed by atoms with van der Waals surface area (Å²) in [6.07, 6.45) is 4.56. The predicted octanol–water partition coefficient (Wildman–Crippen LogP) is 3.62. The maximum Gasteiger partial charge on any atom is 0.319 e. The smallest absolute Gasteiger partial charge is 0.319 e. The van der Waals surface area contributed by atoms with E-state index in [1.165, 1.54) is 30.0 Å². The van der Waals surface area contributed by atoms with Crippen molar-refractivity contribution in [2.24, 2.45) is 0 Å². The number of halogens is 1. The summed E-state index contributed by atoms with van der Waals surface area (Å²) in [5.74, 6) is 0.381. The van der Waals surface area contributed by atoms with Gasteiger partial charge in [0.15, 0.2) is 0 Å². The molecule has 1 heterocycles. The first-order valence-electron chi connectivity index (χ1n) is 8.51. The Morgan fingerprint density at radius 2 is 2.07 bits per heavy atom. The van der Waals surface area contributed by atoms with Crippen LogP contribution in [0.1, 0.15) is 31.7 Å². The molecule has 0 fully saturated rings. The molecule has 27 heavy (non-hydrogen) atoms. The Balaban J connectivity index is 2.32. The van der Waals surface area contributed by atoms with Gasteiger partial charge in [0.2, 0.25) is 5.75 Å². The van der Waals surface area contributed by atoms with E-state index in [1.807, 2.05) is 0 Å². The van der Waals surface area contributed by atoms with Gasteiger partial charge in [-0.3, -0.25) is 14.9 Å². The van der Waals surface area contributed by atoms with Crippen molar-refractivity contribution in [1.82, 2.24) is 4.57 Å². The molecule has 1 aromatic heterocycles. The second-order valence-corrected chi connectivity index (χ2v) is 6.36. The molecule has 2 aromatic rings. The third kappa shape index (κ3) is 4.91. The highest BCUT2D eigenvalue weighted by Crippen LogP contribution is 2.40. The SMILES string of the molecule is CCCCCOc1ccn(Cc2c(Cl)cc(N)c(OC)c2[N+](=O)[O-])c(=O)c1. The lowest BCUT2D eigenvalue weighted by Crippen LogP contribution is -2.20. The summed E-state index contributed by atoms with van der Waals surface area (Å²) in [6.45, 7) is 2.53. The fraction of sp³-hybridized carbons (Fsp3) is 0.389. The molecule has 9 heteroatoms. The van der Waals surface area contributed by atoms with Crippen molar-refractivity contribution in [1.29, 1.82) is 0 Å². The van der Waals surface area contributed by atoms with Crippen LogP contribution in [0.3, 0.4) is 0 Å². The minimum absolute atomic E-state index is 0.0566. The molecule has 0 spiro atoms. The van der Waals surface area contributed by atoms with Crippen LogP contribution in [0.25, 0.3) is 0 Å². The molecule has 0 saturated heterocycles. The van der Waals surface area contributed by atoms with Gasteiger partial charge in [-0.1, -0.05) is 31.4 Å². The Hall–Kier alpha value is -2.74. The lowest BCUT2D eigenvalue weighted by molar-refractivity contribution is -0.386. The number of pyridine rings is 1. The first kappa shape index (κ1) is 20.6. The third-order valence-electron chi connectivity index (χ3n) is 4.03. The van der Waals surface area contributed by atoms with E-state index in [4.69, 9.17) is 26.8 Å². The van der Waals surface area contributed by atoms with Crippen LogP contribution in [0.5, 0.6) is 11.5 Å². The number of hydrogen-bond acceptors (Lipinski definition) is 6. The Morgan fingerprint density at radius 1 is 1.33 bits per heavy atom. The molecule has 1 aromatic carbocycles. The zero-order chi connectivity index (χ0) is 20.0. The Kier molecular flexibility index (Phi) is 7.06. The minimum atomic E-state index is -0.618. The van der Waals surface area contributed by atoms with Crippen LogP contribution in [-0.4, -0.2) is 23.2 Å². The minimum Gasteiger partial charge on any atom is -0.493 e. The molecule has 2 N–H and O–H groups in total. The van der Waals surface area contributed by atoms with Crippen molar-refractivity contribution < 1.29 is 14.4 Å². The summed E-state index contributed by atoms with van der Waals surface area (Å²) in [5, 5.41) is 11.6. The van der Waals surface area contributed by atoms with Crippen LogP contribution < -0.4 is 20.8 Å². The second-order valence-electron chi connectivity index (χ2n) is 5.95. The van der Waals surface area contributed by atoms with Crippen LogP contribution >= 0.6 is 11.6 Å². The van der Waals surface area contributed by atoms with Gasteiger partial charge in [-0.05, 0) is 18.6 Å². The Morgan fingerprint density at radius 3 is 2.67 bits per heavy atom. The molecule has 2 rings (SSSR count). The van der Waals surface area contributed by atoms with Crippen LogP contribution in [0, 0.1) is 10.1 Å². The largest absolute Gasteiger partial charge is 0.493 e.